The molecule has 1 unspecified atom stereocenters. The molecule has 3 rings (SSSR count). The summed E-state index contributed by atoms with van der Waals surface area (Å²) in [7, 11) is 1.61. The Morgan fingerprint density at radius 3 is 2.46 bits per heavy atom. The molecule has 0 aliphatic carbocycles. The Labute approximate surface area is 209 Å². The van der Waals surface area contributed by atoms with Gasteiger partial charge in [-0.3, -0.25) is 14.7 Å². The first-order chi connectivity index (χ1) is 16.8. The molecule has 0 aliphatic rings. The van der Waals surface area contributed by atoms with Gasteiger partial charge in [0, 0.05) is 17.8 Å². The van der Waals surface area contributed by atoms with Crippen LogP contribution in [0.25, 0.3) is 17.1 Å². The van der Waals surface area contributed by atoms with Crippen LogP contribution in [0.1, 0.15) is 27.7 Å². The fourth-order valence-corrected chi connectivity index (χ4v) is 4.02. The molecule has 0 saturated heterocycles. The molecular weight excluding hydrogens is 466 g/mol. The van der Waals surface area contributed by atoms with Gasteiger partial charge >= 0.3 is 6.03 Å². The second-order valence-electron chi connectivity index (χ2n) is 8.15. The smallest absolute Gasteiger partial charge is 0.321 e. The van der Waals surface area contributed by atoms with Gasteiger partial charge in [-0.2, -0.15) is 0 Å². The number of urea groups is 1. The molecule has 2 aromatic carbocycles. The Hall–Kier alpha value is -3.53. The van der Waals surface area contributed by atoms with Gasteiger partial charge in [-0.1, -0.05) is 37.7 Å². The molecule has 3 aromatic rings. The molecule has 1 heterocycles. The first-order valence-electron chi connectivity index (χ1n) is 11.4. The monoisotopic (exact) mass is 497 g/mol. The Balaban J connectivity index is 1.90. The van der Waals surface area contributed by atoms with Gasteiger partial charge in [0.2, 0.25) is 5.91 Å². The summed E-state index contributed by atoms with van der Waals surface area (Å²) in [5, 5.41) is 13.8. The molecule has 0 bridgehead atoms. The molecule has 186 valence electrons. The molecule has 0 fully saturated rings. The standard InChI is InChI=1S/C25H31N5O4S/c1-6-34-20-12-10-19(11-13-20)30-22(18-8-7-9-21(14-18)33-5)28-29-25(30)35-17(4)23(31)27-24(32)26-15-16(2)3/h7-14,16-17H,6,15H2,1-5H3,(H2,26,27,31,32). The van der Waals surface area contributed by atoms with E-state index in [9.17, 15) is 9.59 Å². The van der Waals surface area contributed by atoms with Crippen molar-refractivity contribution in [2.45, 2.75) is 38.1 Å². The third-order valence-corrected chi connectivity index (χ3v) is 5.97. The number of ether oxygens (including phenoxy) is 2. The molecule has 9 nitrogen and oxygen atoms in total. The van der Waals surface area contributed by atoms with E-state index in [1.165, 1.54) is 11.8 Å². The lowest BCUT2D eigenvalue weighted by molar-refractivity contribution is -0.119. The van der Waals surface area contributed by atoms with E-state index in [4.69, 9.17) is 9.47 Å². The van der Waals surface area contributed by atoms with Gasteiger partial charge in [-0.25, -0.2) is 4.79 Å². The number of carbonyl (C=O) groups excluding carboxylic acids is 2. The molecule has 0 saturated carbocycles. The zero-order valence-electron chi connectivity index (χ0n) is 20.6. The number of nitrogens with one attached hydrogen (secondary N) is 2. The second kappa shape index (κ2) is 12.3. The zero-order valence-corrected chi connectivity index (χ0v) is 21.4. The van der Waals surface area contributed by atoms with Crippen LogP contribution in [0, 0.1) is 5.92 Å². The van der Waals surface area contributed by atoms with Gasteiger partial charge in [0.05, 0.1) is 19.0 Å². The quantitative estimate of drug-likeness (QED) is 0.402. The summed E-state index contributed by atoms with van der Waals surface area (Å²) in [5.41, 5.74) is 1.61. The highest BCUT2D eigenvalue weighted by Gasteiger charge is 2.23. The fraction of sp³-hybridized carbons (Fsp3) is 0.360. The van der Waals surface area contributed by atoms with Crippen LogP contribution in [0.3, 0.4) is 0 Å². The highest BCUT2D eigenvalue weighted by Crippen LogP contribution is 2.32. The normalized spacial score (nSPS) is 11.7. The SMILES string of the molecule is CCOc1ccc(-n2c(SC(C)C(=O)NC(=O)NCC(C)C)nnc2-c2cccc(OC)c2)cc1. The Morgan fingerprint density at radius 2 is 1.80 bits per heavy atom. The summed E-state index contributed by atoms with van der Waals surface area (Å²) in [5.74, 6) is 1.91. The van der Waals surface area contributed by atoms with Gasteiger partial charge in [-0.15, -0.1) is 10.2 Å². The van der Waals surface area contributed by atoms with Crippen LogP contribution < -0.4 is 20.1 Å². The number of imide groups is 1. The predicted octanol–water partition coefficient (Wildman–Crippen LogP) is 4.30. The van der Waals surface area contributed by atoms with Crippen LogP contribution in [0.2, 0.25) is 0 Å². The van der Waals surface area contributed by atoms with Crippen LogP contribution in [-0.2, 0) is 4.79 Å². The predicted molar refractivity (Wildman–Crippen MR) is 136 cm³/mol. The average Bonchev–Trinajstić information content (AvgIpc) is 3.26. The molecule has 0 spiro atoms. The number of hydrogen-bond acceptors (Lipinski definition) is 7. The summed E-state index contributed by atoms with van der Waals surface area (Å²) >= 11 is 1.21. The first-order valence-corrected chi connectivity index (χ1v) is 12.3. The minimum absolute atomic E-state index is 0.283. The largest absolute Gasteiger partial charge is 0.497 e. The van der Waals surface area contributed by atoms with Gasteiger partial charge in [-0.05, 0) is 56.2 Å². The summed E-state index contributed by atoms with van der Waals surface area (Å²) in [6, 6.07) is 14.6. The van der Waals surface area contributed by atoms with Gasteiger partial charge in [0.25, 0.3) is 0 Å². The number of rotatable bonds is 10. The van der Waals surface area contributed by atoms with Crippen LogP contribution in [-0.4, -0.2) is 52.2 Å². The highest BCUT2D eigenvalue weighted by molar-refractivity contribution is 8.00. The Bertz CT molecular complexity index is 1150. The minimum atomic E-state index is -0.594. The summed E-state index contributed by atoms with van der Waals surface area (Å²) in [6.45, 7) is 8.66. The van der Waals surface area contributed by atoms with Crippen LogP contribution in [0.4, 0.5) is 4.79 Å². The number of aromatic nitrogens is 3. The first kappa shape index (κ1) is 26.1. The molecular formula is C25H31N5O4S. The number of carbonyl (C=O) groups is 2. The third kappa shape index (κ3) is 6.98. The summed E-state index contributed by atoms with van der Waals surface area (Å²) in [4.78, 5) is 24.7. The van der Waals surface area contributed by atoms with Crippen molar-refractivity contribution in [3.8, 4) is 28.6 Å². The summed E-state index contributed by atoms with van der Waals surface area (Å²) < 4.78 is 12.8. The second-order valence-corrected chi connectivity index (χ2v) is 9.46. The topological polar surface area (TPSA) is 107 Å². The van der Waals surface area contributed by atoms with Crippen molar-refractivity contribution in [3.63, 3.8) is 0 Å². The van der Waals surface area contributed by atoms with E-state index in [1.54, 1.807) is 14.0 Å². The van der Waals surface area contributed by atoms with E-state index < -0.39 is 17.2 Å². The molecule has 10 heteroatoms. The fourth-order valence-electron chi connectivity index (χ4n) is 3.15. The third-order valence-electron chi connectivity index (χ3n) is 4.93. The maximum Gasteiger partial charge on any atom is 0.321 e. The Kier molecular flexibility index (Phi) is 9.13. The van der Waals surface area contributed by atoms with Crippen molar-refractivity contribution < 1.29 is 19.1 Å². The molecule has 1 atom stereocenters. The lowest BCUT2D eigenvalue weighted by Gasteiger charge is -2.15. The molecule has 35 heavy (non-hydrogen) atoms. The van der Waals surface area contributed by atoms with Gasteiger partial charge < -0.3 is 14.8 Å². The highest BCUT2D eigenvalue weighted by atomic mass is 32.2. The van der Waals surface area contributed by atoms with Crippen molar-refractivity contribution in [2.24, 2.45) is 5.92 Å². The van der Waals surface area contributed by atoms with Gasteiger partial charge in [0.1, 0.15) is 11.5 Å². The Morgan fingerprint density at radius 1 is 1.06 bits per heavy atom. The van der Waals surface area contributed by atoms with Crippen molar-refractivity contribution in [1.29, 1.82) is 0 Å². The van der Waals surface area contributed by atoms with Crippen LogP contribution in [0.15, 0.2) is 53.7 Å². The number of thioether (sulfide) groups is 1. The van der Waals surface area contributed by atoms with E-state index in [1.807, 2.05) is 73.9 Å². The number of nitrogens with zero attached hydrogens (tertiary/aromatic N) is 3. The molecule has 0 radical (unpaired) electrons. The minimum Gasteiger partial charge on any atom is -0.497 e. The lowest BCUT2D eigenvalue weighted by atomic mass is 10.2. The van der Waals surface area contributed by atoms with Gasteiger partial charge in [0.15, 0.2) is 11.0 Å². The molecule has 2 N–H and O–H groups in total. The van der Waals surface area contributed by atoms with E-state index in [-0.39, 0.29) is 5.92 Å². The number of amides is 3. The molecule has 0 aliphatic heterocycles. The van der Waals surface area contributed by atoms with Crippen molar-refractivity contribution in [3.05, 3.63) is 48.5 Å². The maximum atomic E-state index is 12.6. The van der Waals surface area contributed by atoms with Crippen LogP contribution >= 0.6 is 11.8 Å². The number of methoxy groups -OCH3 is 1. The van der Waals surface area contributed by atoms with E-state index in [2.05, 4.69) is 20.8 Å². The van der Waals surface area contributed by atoms with Crippen LogP contribution in [0.5, 0.6) is 11.5 Å². The van der Waals surface area contributed by atoms with E-state index in [0.717, 1.165) is 17.0 Å². The molecule has 1 aromatic heterocycles. The average molecular weight is 498 g/mol. The van der Waals surface area contributed by atoms with Crippen molar-refractivity contribution in [2.75, 3.05) is 20.3 Å². The van der Waals surface area contributed by atoms with E-state index >= 15 is 0 Å². The zero-order chi connectivity index (χ0) is 25.4. The van der Waals surface area contributed by atoms with E-state index in [0.29, 0.717) is 29.9 Å². The maximum absolute atomic E-state index is 12.6. The number of hydrogen-bond donors (Lipinski definition) is 2. The van der Waals surface area contributed by atoms with Crippen molar-refractivity contribution >= 4 is 23.7 Å². The summed E-state index contributed by atoms with van der Waals surface area (Å²) in [6.07, 6.45) is 0. The van der Waals surface area contributed by atoms with Crippen molar-refractivity contribution in [1.82, 2.24) is 25.4 Å². The number of benzene rings is 2. The molecule has 3 amide bonds. The lowest BCUT2D eigenvalue weighted by Crippen LogP contribution is -2.43.